The highest BCUT2D eigenvalue weighted by atomic mass is 35.5. The Labute approximate surface area is 97.3 Å². The van der Waals surface area contributed by atoms with Crippen LogP contribution in [0.5, 0.6) is 0 Å². The van der Waals surface area contributed by atoms with Gasteiger partial charge in [-0.05, 0) is 12.1 Å². The largest absolute Gasteiger partial charge is 0.465 e. The van der Waals surface area contributed by atoms with Gasteiger partial charge < -0.3 is 9.47 Å². The van der Waals surface area contributed by atoms with Crippen LogP contribution in [-0.4, -0.2) is 24.0 Å². The number of esters is 2. The molecule has 1 heterocycles. The number of hydrogen-bond acceptors (Lipinski definition) is 5. The molecule has 0 aliphatic carbocycles. The van der Waals surface area contributed by atoms with Crippen LogP contribution < -0.4 is 0 Å². The van der Waals surface area contributed by atoms with Gasteiger partial charge in [0.1, 0.15) is 11.8 Å². The number of ether oxygens (including phenoxy) is 2. The van der Waals surface area contributed by atoms with Crippen LogP contribution in [-0.2, 0) is 20.9 Å². The lowest BCUT2D eigenvalue weighted by Gasteiger charge is -2.04. The molecule has 86 valence electrons. The molecule has 0 N–H and O–H groups in total. The Morgan fingerprint density at radius 2 is 2.12 bits per heavy atom. The van der Waals surface area contributed by atoms with E-state index in [9.17, 15) is 9.59 Å². The zero-order valence-corrected chi connectivity index (χ0v) is 9.58. The molecule has 0 atom stereocenters. The first-order chi connectivity index (χ1) is 7.52. The number of carbonyl (C=O) groups is 2. The molecule has 16 heavy (non-hydrogen) atoms. The normalized spacial score (nSPS) is 9.69. The summed E-state index contributed by atoms with van der Waals surface area (Å²) in [7, 11) is 1.27. The quantitative estimate of drug-likeness (QED) is 0.596. The summed E-state index contributed by atoms with van der Waals surface area (Å²) >= 11 is 5.71. The Kier molecular flexibility index (Phi) is 4.25. The van der Waals surface area contributed by atoms with E-state index in [-0.39, 0.29) is 17.3 Å². The van der Waals surface area contributed by atoms with Crippen LogP contribution >= 0.6 is 11.6 Å². The van der Waals surface area contributed by atoms with Crippen LogP contribution in [0.25, 0.3) is 0 Å². The molecule has 0 bridgehead atoms. The van der Waals surface area contributed by atoms with Gasteiger partial charge in [0.05, 0.1) is 18.4 Å². The molecule has 1 rings (SSSR count). The fourth-order valence-corrected chi connectivity index (χ4v) is 1.26. The van der Waals surface area contributed by atoms with E-state index in [1.807, 2.05) is 0 Å². The van der Waals surface area contributed by atoms with Crippen molar-refractivity contribution in [3.63, 3.8) is 0 Å². The summed E-state index contributed by atoms with van der Waals surface area (Å²) in [6, 6.07) is 2.84. The standard InChI is InChI=1S/C10H10ClNO4/c1-6(13)16-5-8-3-7(10(14)15-2)4-9(11)12-8/h3-4H,5H2,1-2H3. The molecule has 0 unspecified atom stereocenters. The van der Waals surface area contributed by atoms with Crippen molar-refractivity contribution in [3.8, 4) is 0 Å². The number of methoxy groups -OCH3 is 1. The molecule has 0 spiro atoms. The fourth-order valence-electron chi connectivity index (χ4n) is 1.04. The van der Waals surface area contributed by atoms with Crippen LogP contribution in [0.15, 0.2) is 12.1 Å². The van der Waals surface area contributed by atoms with Crippen molar-refractivity contribution in [1.82, 2.24) is 4.98 Å². The minimum Gasteiger partial charge on any atom is -0.465 e. The maximum absolute atomic E-state index is 11.2. The molecule has 0 saturated heterocycles. The summed E-state index contributed by atoms with van der Waals surface area (Å²) in [5, 5.41) is 0.144. The molecular formula is C10H10ClNO4. The summed E-state index contributed by atoms with van der Waals surface area (Å²) in [5.41, 5.74) is 0.660. The molecule has 1 aromatic heterocycles. The summed E-state index contributed by atoms with van der Waals surface area (Å²) in [6.45, 7) is 1.26. The van der Waals surface area contributed by atoms with Crippen molar-refractivity contribution in [2.75, 3.05) is 7.11 Å². The van der Waals surface area contributed by atoms with Crippen LogP contribution in [0.3, 0.4) is 0 Å². The second-order valence-electron chi connectivity index (χ2n) is 2.94. The average molecular weight is 244 g/mol. The SMILES string of the molecule is COC(=O)c1cc(Cl)nc(COC(C)=O)c1. The minimum absolute atomic E-state index is 0.0279. The third-order valence-corrected chi connectivity index (χ3v) is 1.89. The van der Waals surface area contributed by atoms with Crippen molar-refractivity contribution >= 4 is 23.5 Å². The van der Waals surface area contributed by atoms with E-state index in [2.05, 4.69) is 9.72 Å². The topological polar surface area (TPSA) is 65.5 Å². The second-order valence-corrected chi connectivity index (χ2v) is 3.33. The molecule has 0 saturated carbocycles. The Morgan fingerprint density at radius 1 is 1.44 bits per heavy atom. The first-order valence-electron chi connectivity index (χ1n) is 4.41. The van der Waals surface area contributed by atoms with Gasteiger partial charge in [0.15, 0.2) is 0 Å². The monoisotopic (exact) mass is 243 g/mol. The number of hydrogen-bond donors (Lipinski definition) is 0. The summed E-state index contributed by atoms with van der Waals surface area (Å²) in [6.07, 6.45) is 0. The molecular weight excluding hydrogens is 234 g/mol. The van der Waals surface area contributed by atoms with E-state index in [1.165, 1.54) is 26.2 Å². The van der Waals surface area contributed by atoms with Crippen LogP contribution in [0.4, 0.5) is 0 Å². The summed E-state index contributed by atoms with van der Waals surface area (Å²) in [5.74, 6) is -0.949. The van der Waals surface area contributed by atoms with Gasteiger partial charge in [-0.15, -0.1) is 0 Å². The zero-order chi connectivity index (χ0) is 12.1. The Morgan fingerprint density at radius 3 is 2.69 bits per heavy atom. The van der Waals surface area contributed by atoms with Crippen LogP contribution in [0.1, 0.15) is 23.0 Å². The molecule has 5 nitrogen and oxygen atoms in total. The molecule has 0 radical (unpaired) electrons. The van der Waals surface area contributed by atoms with Crippen molar-refractivity contribution in [1.29, 1.82) is 0 Å². The second kappa shape index (κ2) is 5.46. The average Bonchev–Trinajstić information content (AvgIpc) is 2.24. The number of halogens is 1. The van der Waals surface area contributed by atoms with Gasteiger partial charge in [-0.1, -0.05) is 11.6 Å². The van der Waals surface area contributed by atoms with E-state index >= 15 is 0 Å². The van der Waals surface area contributed by atoms with Crippen molar-refractivity contribution in [2.45, 2.75) is 13.5 Å². The van der Waals surface area contributed by atoms with Crippen molar-refractivity contribution in [2.24, 2.45) is 0 Å². The lowest BCUT2D eigenvalue weighted by molar-refractivity contribution is -0.142. The smallest absolute Gasteiger partial charge is 0.338 e. The van der Waals surface area contributed by atoms with Gasteiger partial charge in [-0.2, -0.15) is 0 Å². The predicted molar refractivity (Wildman–Crippen MR) is 56.1 cm³/mol. The molecule has 6 heteroatoms. The lowest BCUT2D eigenvalue weighted by Crippen LogP contribution is -2.06. The molecule has 0 amide bonds. The zero-order valence-electron chi connectivity index (χ0n) is 8.82. The van der Waals surface area contributed by atoms with Gasteiger partial charge in [-0.3, -0.25) is 4.79 Å². The highest BCUT2D eigenvalue weighted by Crippen LogP contribution is 2.12. The summed E-state index contributed by atoms with van der Waals surface area (Å²) in [4.78, 5) is 25.7. The first-order valence-corrected chi connectivity index (χ1v) is 4.79. The number of aromatic nitrogens is 1. The first kappa shape index (κ1) is 12.4. The van der Waals surface area contributed by atoms with Gasteiger partial charge in [0.25, 0.3) is 0 Å². The van der Waals surface area contributed by atoms with Gasteiger partial charge in [0.2, 0.25) is 0 Å². The number of pyridine rings is 1. The Bertz CT molecular complexity index is 419. The maximum atomic E-state index is 11.2. The molecule has 0 aliphatic rings. The third kappa shape index (κ3) is 3.51. The van der Waals surface area contributed by atoms with E-state index in [0.29, 0.717) is 5.69 Å². The maximum Gasteiger partial charge on any atom is 0.338 e. The van der Waals surface area contributed by atoms with Gasteiger partial charge in [-0.25, -0.2) is 9.78 Å². The Balaban J connectivity index is 2.89. The number of rotatable bonds is 3. The highest BCUT2D eigenvalue weighted by Gasteiger charge is 2.09. The fraction of sp³-hybridized carbons (Fsp3) is 0.300. The predicted octanol–water partition coefficient (Wildman–Crippen LogP) is 1.58. The van der Waals surface area contributed by atoms with Crippen molar-refractivity contribution < 1.29 is 19.1 Å². The molecule has 1 aromatic rings. The van der Waals surface area contributed by atoms with Crippen LogP contribution in [0.2, 0.25) is 5.15 Å². The highest BCUT2D eigenvalue weighted by molar-refractivity contribution is 6.29. The van der Waals surface area contributed by atoms with E-state index in [1.54, 1.807) is 0 Å². The van der Waals surface area contributed by atoms with E-state index < -0.39 is 11.9 Å². The molecule has 0 fully saturated rings. The number of carbonyl (C=O) groups excluding carboxylic acids is 2. The number of nitrogens with zero attached hydrogens (tertiary/aromatic N) is 1. The minimum atomic E-state index is -0.520. The van der Waals surface area contributed by atoms with E-state index in [4.69, 9.17) is 16.3 Å². The third-order valence-electron chi connectivity index (χ3n) is 1.69. The van der Waals surface area contributed by atoms with E-state index in [0.717, 1.165) is 0 Å². The lowest BCUT2D eigenvalue weighted by atomic mass is 10.2. The van der Waals surface area contributed by atoms with Crippen molar-refractivity contribution in [3.05, 3.63) is 28.5 Å². The van der Waals surface area contributed by atoms with Gasteiger partial charge in [0, 0.05) is 6.92 Å². The van der Waals surface area contributed by atoms with Crippen LogP contribution in [0, 0.1) is 0 Å². The Hall–Kier alpha value is -1.62. The van der Waals surface area contributed by atoms with Gasteiger partial charge >= 0.3 is 11.9 Å². The summed E-state index contributed by atoms with van der Waals surface area (Å²) < 4.78 is 9.28. The molecule has 0 aliphatic heterocycles. The molecule has 0 aromatic carbocycles.